The van der Waals surface area contributed by atoms with E-state index in [9.17, 15) is 4.79 Å². The summed E-state index contributed by atoms with van der Waals surface area (Å²) in [5, 5.41) is 2.92. The van der Waals surface area contributed by atoms with Crippen molar-refractivity contribution < 1.29 is 9.53 Å². The lowest BCUT2D eigenvalue weighted by atomic mass is 10.3. The molecule has 22 heavy (non-hydrogen) atoms. The minimum absolute atomic E-state index is 0.108. The summed E-state index contributed by atoms with van der Waals surface area (Å²) in [6.07, 6.45) is 6.69. The molecule has 5 nitrogen and oxygen atoms in total. The first-order chi connectivity index (χ1) is 10.8. The van der Waals surface area contributed by atoms with Crippen LogP contribution in [0.1, 0.15) is 29.8 Å². The second-order valence-electron chi connectivity index (χ2n) is 5.61. The first-order valence-electron chi connectivity index (χ1n) is 7.78. The zero-order chi connectivity index (χ0) is 15.2. The largest absolute Gasteiger partial charge is 0.381 e. The van der Waals surface area contributed by atoms with Gasteiger partial charge in [0.05, 0.1) is 12.5 Å². The van der Waals surface area contributed by atoms with E-state index in [-0.39, 0.29) is 5.91 Å². The Morgan fingerprint density at radius 2 is 2.14 bits per heavy atom. The molecule has 0 unspecified atom stereocenters. The highest BCUT2D eigenvalue weighted by Crippen LogP contribution is 2.28. The fourth-order valence-corrected chi connectivity index (χ4v) is 2.26. The highest BCUT2D eigenvalue weighted by atomic mass is 16.5. The van der Waals surface area contributed by atoms with Gasteiger partial charge in [0.15, 0.2) is 0 Å². The van der Waals surface area contributed by atoms with Crippen LogP contribution in [0.4, 0.5) is 0 Å². The Balaban J connectivity index is 1.47. The lowest BCUT2D eigenvalue weighted by molar-refractivity contribution is 0.0931. The third-order valence-electron chi connectivity index (χ3n) is 3.71. The van der Waals surface area contributed by atoms with Crippen molar-refractivity contribution in [1.82, 2.24) is 14.9 Å². The van der Waals surface area contributed by atoms with E-state index >= 15 is 0 Å². The highest BCUT2D eigenvalue weighted by Gasteiger charge is 2.20. The van der Waals surface area contributed by atoms with Gasteiger partial charge in [-0.1, -0.05) is 18.2 Å². The van der Waals surface area contributed by atoms with Crippen molar-refractivity contribution in [3.63, 3.8) is 0 Å². The van der Waals surface area contributed by atoms with Crippen molar-refractivity contribution in [2.75, 3.05) is 19.8 Å². The number of hydrogen-bond acceptors (Lipinski definition) is 3. The van der Waals surface area contributed by atoms with Gasteiger partial charge in [-0.15, -0.1) is 0 Å². The van der Waals surface area contributed by atoms with Crippen molar-refractivity contribution in [3.8, 4) is 5.69 Å². The van der Waals surface area contributed by atoms with Crippen molar-refractivity contribution in [2.24, 2.45) is 5.92 Å². The van der Waals surface area contributed by atoms with Gasteiger partial charge in [0, 0.05) is 25.4 Å². The third-order valence-corrected chi connectivity index (χ3v) is 3.71. The van der Waals surface area contributed by atoms with Crippen LogP contribution in [-0.4, -0.2) is 35.2 Å². The molecule has 0 bridgehead atoms. The number of carbonyl (C=O) groups excluding carboxylic acids is 1. The van der Waals surface area contributed by atoms with Crippen LogP contribution in [0, 0.1) is 5.92 Å². The zero-order valence-corrected chi connectivity index (χ0v) is 12.6. The Morgan fingerprint density at radius 1 is 1.32 bits per heavy atom. The van der Waals surface area contributed by atoms with Gasteiger partial charge in [-0.05, 0) is 37.3 Å². The molecular formula is C17H21N3O2. The first kappa shape index (κ1) is 14.8. The van der Waals surface area contributed by atoms with Crippen molar-refractivity contribution in [3.05, 3.63) is 48.5 Å². The standard InChI is InChI=1S/C17H21N3O2/c21-17(19-9-4-10-22-12-14-7-8-14)16-11-18-13-20(16)15-5-2-1-3-6-15/h1-3,5-6,11,13-14H,4,7-10,12H2,(H,19,21). The van der Waals surface area contributed by atoms with Gasteiger partial charge in [-0.3, -0.25) is 9.36 Å². The summed E-state index contributed by atoms with van der Waals surface area (Å²) in [7, 11) is 0. The van der Waals surface area contributed by atoms with Crippen molar-refractivity contribution in [1.29, 1.82) is 0 Å². The number of amides is 1. The van der Waals surface area contributed by atoms with E-state index in [1.807, 2.05) is 30.3 Å². The molecule has 1 aromatic carbocycles. The van der Waals surface area contributed by atoms with Crippen LogP contribution in [0.15, 0.2) is 42.9 Å². The minimum atomic E-state index is -0.108. The Kier molecular flexibility index (Phi) is 4.85. The summed E-state index contributed by atoms with van der Waals surface area (Å²) in [5.41, 5.74) is 1.48. The SMILES string of the molecule is O=C(NCCCOCC1CC1)c1cncn1-c1ccccc1. The average Bonchev–Trinajstić information content (AvgIpc) is 3.24. The number of para-hydroxylation sites is 1. The molecule has 0 atom stereocenters. The zero-order valence-electron chi connectivity index (χ0n) is 12.6. The molecule has 1 fully saturated rings. The van der Waals surface area contributed by atoms with E-state index < -0.39 is 0 Å². The second-order valence-corrected chi connectivity index (χ2v) is 5.61. The summed E-state index contributed by atoms with van der Waals surface area (Å²) in [6.45, 7) is 2.19. The normalized spacial score (nSPS) is 14.0. The molecular weight excluding hydrogens is 278 g/mol. The molecule has 1 aromatic heterocycles. The molecule has 3 rings (SSSR count). The molecule has 116 valence electrons. The van der Waals surface area contributed by atoms with Crippen LogP contribution in [0.5, 0.6) is 0 Å². The van der Waals surface area contributed by atoms with Crippen molar-refractivity contribution in [2.45, 2.75) is 19.3 Å². The van der Waals surface area contributed by atoms with Crippen molar-refractivity contribution >= 4 is 5.91 Å². The molecule has 1 aliphatic rings. The number of hydrogen-bond donors (Lipinski definition) is 1. The lowest BCUT2D eigenvalue weighted by Crippen LogP contribution is -2.27. The van der Waals surface area contributed by atoms with Gasteiger partial charge in [0.2, 0.25) is 0 Å². The van der Waals surface area contributed by atoms with E-state index in [1.165, 1.54) is 12.8 Å². The maximum absolute atomic E-state index is 12.2. The predicted molar refractivity (Wildman–Crippen MR) is 84.1 cm³/mol. The molecule has 1 amide bonds. The maximum Gasteiger partial charge on any atom is 0.269 e. The van der Waals surface area contributed by atoms with Gasteiger partial charge >= 0.3 is 0 Å². The van der Waals surface area contributed by atoms with Gasteiger partial charge < -0.3 is 10.1 Å². The fraction of sp³-hybridized carbons (Fsp3) is 0.412. The van der Waals surface area contributed by atoms with Gasteiger partial charge in [-0.25, -0.2) is 4.98 Å². The number of nitrogens with zero attached hydrogens (tertiary/aromatic N) is 2. The molecule has 1 N–H and O–H groups in total. The monoisotopic (exact) mass is 299 g/mol. The van der Waals surface area contributed by atoms with E-state index in [4.69, 9.17) is 4.74 Å². The Hall–Kier alpha value is -2.14. The van der Waals surface area contributed by atoms with Crippen LogP contribution in [0.3, 0.4) is 0 Å². The topological polar surface area (TPSA) is 56.1 Å². The smallest absolute Gasteiger partial charge is 0.269 e. The molecule has 2 aromatic rings. The number of imidazole rings is 1. The maximum atomic E-state index is 12.2. The minimum Gasteiger partial charge on any atom is -0.381 e. The van der Waals surface area contributed by atoms with E-state index in [0.717, 1.165) is 24.6 Å². The van der Waals surface area contributed by atoms with Gasteiger partial charge in [0.25, 0.3) is 5.91 Å². The molecule has 0 aliphatic heterocycles. The summed E-state index contributed by atoms with van der Waals surface area (Å²) in [4.78, 5) is 16.3. The van der Waals surface area contributed by atoms with Crippen LogP contribution in [0.2, 0.25) is 0 Å². The molecule has 1 aliphatic carbocycles. The first-order valence-corrected chi connectivity index (χ1v) is 7.78. The van der Waals surface area contributed by atoms with Crippen LogP contribution < -0.4 is 5.32 Å². The van der Waals surface area contributed by atoms with Crippen LogP contribution >= 0.6 is 0 Å². The van der Waals surface area contributed by atoms with Gasteiger partial charge in [0.1, 0.15) is 5.69 Å². The molecule has 1 saturated carbocycles. The summed E-state index contributed by atoms with van der Waals surface area (Å²) < 4.78 is 7.34. The number of benzene rings is 1. The lowest BCUT2D eigenvalue weighted by Gasteiger charge is -2.09. The molecule has 0 saturated heterocycles. The molecule has 1 heterocycles. The van der Waals surface area contributed by atoms with E-state index in [0.29, 0.717) is 18.8 Å². The summed E-state index contributed by atoms with van der Waals surface area (Å²) in [6, 6.07) is 9.72. The number of ether oxygens (including phenoxy) is 1. The quantitative estimate of drug-likeness (QED) is 0.762. The number of nitrogens with one attached hydrogen (secondary N) is 1. The molecule has 5 heteroatoms. The Morgan fingerprint density at radius 3 is 2.91 bits per heavy atom. The van der Waals surface area contributed by atoms with E-state index in [1.54, 1.807) is 17.1 Å². The predicted octanol–water partition coefficient (Wildman–Crippen LogP) is 2.42. The third kappa shape index (κ3) is 3.95. The fourth-order valence-electron chi connectivity index (χ4n) is 2.26. The number of rotatable bonds is 8. The second kappa shape index (κ2) is 7.22. The summed E-state index contributed by atoms with van der Waals surface area (Å²) in [5.74, 6) is 0.679. The highest BCUT2D eigenvalue weighted by molar-refractivity contribution is 5.92. The molecule has 0 radical (unpaired) electrons. The number of aromatic nitrogens is 2. The Labute approximate surface area is 130 Å². The van der Waals surface area contributed by atoms with Crippen LogP contribution in [0.25, 0.3) is 5.69 Å². The Bertz CT molecular complexity index is 605. The van der Waals surface area contributed by atoms with Gasteiger partial charge in [-0.2, -0.15) is 0 Å². The average molecular weight is 299 g/mol. The molecule has 0 spiro atoms. The van der Waals surface area contributed by atoms with Crippen LogP contribution in [-0.2, 0) is 4.74 Å². The summed E-state index contributed by atoms with van der Waals surface area (Å²) >= 11 is 0. The van der Waals surface area contributed by atoms with E-state index in [2.05, 4.69) is 10.3 Å². The number of carbonyl (C=O) groups is 1.